The van der Waals surface area contributed by atoms with Crippen LogP contribution in [0.1, 0.15) is 27.8 Å². The lowest BCUT2D eigenvalue weighted by molar-refractivity contribution is 0.413. The molecular weight excluding hydrogens is 332 g/mol. The van der Waals surface area contributed by atoms with Crippen molar-refractivity contribution in [3.8, 4) is 11.5 Å². The van der Waals surface area contributed by atoms with E-state index < -0.39 is 0 Å². The van der Waals surface area contributed by atoms with E-state index in [0.29, 0.717) is 0 Å². The number of rotatable bonds is 3. The molecule has 2 nitrogen and oxygen atoms in total. The lowest BCUT2D eigenvalue weighted by Crippen LogP contribution is -2.26. The zero-order valence-corrected chi connectivity index (χ0v) is 15.7. The Kier molecular flexibility index (Phi) is 3.61. The van der Waals surface area contributed by atoms with Gasteiger partial charge in [-0.25, -0.2) is 0 Å². The highest BCUT2D eigenvalue weighted by Crippen LogP contribution is 2.55. The maximum absolute atomic E-state index is 5.55. The van der Waals surface area contributed by atoms with Gasteiger partial charge in [0.05, 0.1) is 14.2 Å². The Hall–Kier alpha value is -3.00. The second-order valence-electron chi connectivity index (χ2n) is 7.45. The van der Waals surface area contributed by atoms with Gasteiger partial charge in [-0.3, -0.25) is 0 Å². The van der Waals surface area contributed by atoms with Gasteiger partial charge in [0.2, 0.25) is 0 Å². The molecule has 0 heterocycles. The number of ether oxygens (including phenoxy) is 2. The summed E-state index contributed by atoms with van der Waals surface area (Å²) in [4.78, 5) is 0. The van der Waals surface area contributed by atoms with Crippen LogP contribution in [0.25, 0.3) is 11.6 Å². The van der Waals surface area contributed by atoms with Crippen LogP contribution in [0.4, 0.5) is 0 Å². The molecule has 2 aliphatic carbocycles. The largest absolute Gasteiger partial charge is 0.497 e. The highest BCUT2D eigenvalue weighted by molar-refractivity contribution is 5.96. The maximum atomic E-state index is 5.55. The summed E-state index contributed by atoms with van der Waals surface area (Å²) in [6, 6.07) is 23.7. The number of hydrogen-bond acceptors (Lipinski definition) is 2. The SMILES string of the molecule is COc1cccc(C2=Cc3ccc(OC)cc3C23Cc2ccccc2C3)c1. The molecule has 0 saturated carbocycles. The number of allylic oxidation sites excluding steroid dienone is 1. The van der Waals surface area contributed by atoms with Gasteiger partial charge in [0.1, 0.15) is 11.5 Å². The first-order valence-electron chi connectivity index (χ1n) is 9.35. The number of fused-ring (bicyclic) bond motifs is 3. The molecule has 0 atom stereocenters. The Morgan fingerprint density at radius 3 is 2.15 bits per heavy atom. The molecule has 5 rings (SSSR count). The average molecular weight is 354 g/mol. The third-order valence-corrected chi connectivity index (χ3v) is 6.08. The first-order valence-corrected chi connectivity index (χ1v) is 9.35. The van der Waals surface area contributed by atoms with Crippen molar-refractivity contribution >= 4 is 11.6 Å². The van der Waals surface area contributed by atoms with E-state index >= 15 is 0 Å². The van der Waals surface area contributed by atoms with Crippen molar-refractivity contribution in [1.29, 1.82) is 0 Å². The summed E-state index contributed by atoms with van der Waals surface area (Å²) in [6.45, 7) is 0. The average Bonchev–Trinajstić information content (AvgIpc) is 3.26. The summed E-state index contributed by atoms with van der Waals surface area (Å²) in [6.07, 6.45) is 4.40. The first-order chi connectivity index (χ1) is 13.2. The standard InChI is InChI=1S/C25H22O2/c1-26-21-9-5-8-17(12-21)23-13-18-10-11-22(27-2)14-24(18)25(23)15-19-6-3-4-7-20(19)16-25/h3-14H,15-16H2,1-2H3. The third kappa shape index (κ3) is 2.40. The minimum absolute atomic E-state index is 0.0417. The summed E-state index contributed by atoms with van der Waals surface area (Å²) in [5.41, 5.74) is 8.12. The highest BCUT2D eigenvalue weighted by Gasteiger charge is 2.46. The number of hydrogen-bond donors (Lipinski definition) is 0. The van der Waals surface area contributed by atoms with Gasteiger partial charge < -0.3 is 9.47 Å². The molecule has 0 N–H and O–H groups in total. The van der Waals surface area contributed by atoms with Gasteiger partial charge in [-0.05, 0) is 76.6 Å². The van der Waals surface area contributed by atoms with Gasteiger partial charge >= 0.3 is 0 Å². The molecule has 1 spiro atoms. The smallest absolute Gasteiger partial charge is 0.119 e. The Morgan fingerprint density at radius 1 is 0.741 bits per heavy atom. The second kappa shape index (κ2) is 6.02. The molecule has 0 radical (unpaired) electrons. The zero-order valence-electron chi connectivity index (χ0n) is 15.7. The summed E-state index contributed by atoms with van der Waals surface area (Å²) >= 11 is 0. The first kappa shape index (κ1) is 16.2. The van der Waals surface area contributed by atoms with E-state index in [1.807, 2.05) is 6.07 Å². The maximum Gasteiger partial charge on any atom is 0.119 e. The highest BCUT2D eigenvalue weighted by atomic mass is 16.5. The summed E-state index contributed by atoms with van der Waals surface area (Å²) < 4.78 is 11.0. The summed E-state index contributed by atoms with van der Waals surface area (Å²) in [5, 5.41) is 0. The topological polar surface area (TPSA) is 18.5 Å². The second-order valence-corrected chi connectivity index (χ2v) is 7.45. The molecule has 0 aromatic heterocycles. The Balaban J connectivity index is 1.71. The van der Waals surface area contributed by atoms with Crippen molar-refractivity contribution < 1.29 is 9.47 Å². The quantitative estimate of drug-likeness (QED) is 0.636. The molecule has 0 bridgehead atoms. The fourth-order valence-electron chi connectivity index (χ4n) is 4.79. The van der Waals surface area contributed by atoms with E-state index in [9.17, 15) is 0 Å². The Labute approximate surface area is 160 Å². The lowest BCUT2D eigenvalue weighted by atomic mass is 9.72. The third-order valence-electron chi connectivity index (χ3n) is 6.08. The summed E-state index contributed by atoms with van der Waals surface area (Å²) in [5.74, 6) is 1.82. The van der Waals surface area contributed by atoms with Crippen LogP contribution in [-0.2, 0) is 18.3 Å². The van der Waals surface area contributed by atoms with Crippen molar-refractivity contribution in [3.05, 3.63) is 94.5 Å². The van der Waals surface area contributed by atoms with Crippen LogP contribution >= 0.6 is 0 Å². The molecule has 27 heavy (non-hydrogen) atoms. The molecule has 0 unspecified atom stereocenters. The van der Waals surface area contributed by atoms with Crippen LogP contribution < -0.4 is 9.47 Å². The number of methoxy groups -OCH3 is 2. The van der Waals surface area contributed by atoms with E-state index in [0.717, 1.165) is 24.3 Å². The minimum Gasteiger partial charge on any atom is -0.497 e. The van der Waals surface area contributed by atoms with Gasteiger partial charge in [0.25, 0.3) is 0 Å². The van der Waals surface area contributed by atoms with Gasteiger partial charge in [0.15, 0.2) is 0 Å². The van der Waals surface area contributed by atoms with E-state index in [1.165, 1.54) is 33.4 Å². The molecule has 3 aromatic carbocycles. The molecule has 2 aliphatic rings. The van der Waals surface area contributed by atoms with Crippen LogP contribution in [-0.4, -0.2) is 14.2 Å². The van der Waals surface area contributed by atoms with Gasteiger partial charge in [0, 0.05) is 5.41 Å². The molecule has 0 fully saturated rings. The predicted octanol–water partition coefficient (Wildman–Crippen LogP) is 5.29. The molecule has 0 amide bonds. The van der Waals surface area contributed by atoms with E-state index in [-0.39, 0.29) is 5.41 Å². The van der Waals surface area contributed by atoms with Gasteiger partial charge in [-0.15, -0.1) is 0 Å². The Bertz CT molecular complexity index is 1040. The molecule has 0 aliphatic heterocycles. The normalized spacial score (nSPS) is 16.0. The molecular formula is C25H22O2. The van der Waals surface area contributed by atoms with Crippen LogP contribution in [0, 0.1) is 0 Å². The van der Waals surface area contributed by atoms with Crippen molar-refractivity contribution in [2.45, 2.75) is 18.3 Å². The fraction of sp³-hybridized carbons (Fsp3) is 0.200. The minimum atomic E-state index is -0.0417. The van der Waals surface area contributed by atoms with Crippen molar-refractivity contribution in [2.75, 3.05) is 14.2 Å². The van der Waals surface area contributed by atoms with Crippen molar-refractivity contribution in [2.24, 2.45) is 0 Å². The predicted molar refractivity (Wildman–Crippen MR) is 109 cm³/mol. The van der Waals surface area contributed by atoms with E-state index in [4.69, 9.17) is 9.47 Å². The van der Waals surface area contributed by atoms with Crippen molar-refractivity contribution in [1.82, 2.24) is 0 Å². The van der Waals surface area contributed by atoms with Crippen LogP contribution in [0.2, 0.25) is 0 Å². The van der Waals surface area contributed by atoms with E-state index in [2.05, 4.69) is 66.7 Å². The molecule has 134 valence electrons. The zero-order chi connectivity index (χ0) is 18.4. The van der Waals surface area contributed by atoms with Crippen molar-refractivity contribution in [3.63, 3.8) is 0 Å². The van der Waals surface area contributed by atoms with Crippen LogP contribution in [0.3, 0.4) is 0 Å². The van der Waals surface area contributed by atoms with E-state index in [1.54, 1.807) is 14.2 Å². The monoisotopic (exact) mass is 354 g/mol. The van der Waals surface area contributed by atoms with Gasteiger partial charge in [-0.2, -0.15) is 0 Å². The van der Waals surface area contributed by atoms with Crippen LogP contribution in [0.5, 0.6) is 11.5 Å². The molecule has 3 aromatic rings. The summed E-state index contributed by atoms with van der Waals surface area (Å²) in [7, 11) is 3.46. The molecule has 2 heteroatoms. The lowest BCUT2D eigenvalue weighted by Gasteiger charge is -2.30. The Morgan fingerprint density at radius 2 is 1.44 bits per heavy atom. The van der Waals surface area contributed by atoms with Crippen LogP contribution in [0.15, 0.2) is 66.7 Å². The number of benzene rings is 3. The van der Waals surface area contributed by atoms with Gasteiger partial charge in [-0.1, -0.05) is 42.5 Å². The fourth-order valence-corrected chi connectivity index (χ4v) is 4.79. The molecule has 0 saturated heterocycles.